The molecule has 1 unspecified atom stereocenters. The minimum absolute atomic E-state index is 0.00625. The van der Waals surface area contributed by atoms with Crippen molar-refractivity contribution in [2.24, 2.45) is 0 Å². The van der Waals surface area contributed by atoms with Gasteiger partial charge in [-0.05, 0) is 33.2 Å². The molecule has 0 bridgehead atoms. The Hall–Kier alpha value is -1.10. The lowest BCUT2D eigenvalue weighted by Crippen LogP contribution is -2.48. The summed E-state index contributed by atoms with van der Waals surface area (Å²) >= 11 is 0. The second kappa shape index (κ2) is 5.84. The van der Waals surface area contributed by atoms with Gasteiger partial charge in [-0.2, -0.15) is 0 Å². The van der Waals surface area contributed by atoms with Crippen molar-refractivity contribution in [3.8, 4) is 0 Å². The van der Waals surface area contributed by atoms with E-state index in [4.69, 9.17) is 5.11 Å². The summed E-state index contributed by atoms with van der Waals surface area (Å²) in [5.74, 6) is -0.827. The number of carbonyl (C=O) groups excluding carboxylic acids is 1. The zero-order chi connectivity index (χ0) is 12.1. The summed E-state index contributed by atoms with van der Waals surface area (Å²) in [5.41, 5.74) is 0. The van der Waals surface area contributed by atoms with E-state index in [1.165, 1.54) is 0 Å². The topological polar surface area (TPSA) is 69.6 Å². The molecule has 5 heteroatoms. The molecule has 1 fully saturated rings. The summed E-state index contributed by atoms with van der Waals surface area (Å²) in [6.45, 7) is 5.10. The molecule has 1 aliphatic rings. The third-order valence-electron chi connectivity index (χ3n) is 2.98. The number of carboxylic acids is 1. The van der Waals surface area contributed by atoms with Gasteiger partial charge in [0.1, 0.15) is 0 Å². The van der Waals surface area contributed by atoms with Crippen LogP contribution in [0.1, 0.15) is 33.1 Å². The van der Waals surface area contributed by atoms with Gasteiger partial charge in [-0.3, -0.25) is 9.59 Å². The van der Waals surface area contributed by atoms with E-state index in [9.17, 15) is 9.59 Å². The summed E-state index contributed by atoms with van der Waals surface area (Å²) in [6, 6.07) is -0.353. The van der Waals surface area contributed by atoms with Crippen molar-refractivity contribution in [2.45, 2.75) is 45.2 Å². The average molecular weight is 228 g/mol. The molecule has 16 heavy (non-hydrogen) atoms. The number of rotatable bonds is 5. The molecule has 1 heterocycles. The number of carbonyl (C=O) groups is 2. The fourth-order valence-electron chi connectivity index (χ4n) is 2.14. The van der Waals surface area contributed by atoms with E-state index >= 15 is 0 Å². The highest BCUT2D eigenvalue weighted by Crippen LogP contribution is 2.12. The molecule has 2 N–H and O–H groups in total. The summed E-state index contributed by atoms with van der Waals surface area (Å²) in [5, 5.41) is 11.9. The number of aliphatic carboxylic acids is 1. The normalized spacial score (nSPS) is 21.8. The van der Waals surface area contributed by atoms with E-state index in [0.29, 0.717) is 6.54 Å². The molecule has 1 rings (SSSR count). The maximum absolute atomic E-state index is 12.1. The van der Waals surface area contributed by atoms with Crippen molar-refractivity contribution < 1.29 is 14.7 Å². The van der Waals surface area contributed by atoms with Crippen LogP contribution >= 0.6 is 0 Å². The van der Waals surface area contributed by atoms with Gasteiger partial charge in [0.2, 0.25) is 5.91 Å². The zero-order valence-electron chi connectivity index (χ0n) is 9.90. The van der Waals surface area contributed by atoms with E-state index < -0.39 is 5.97 Å². The molecule has 0 saturated carbocycles. The minimum atomic E-state index is -0.863. The van der Waals surface area contributed by atoms with Crippen LogP contribution in [0, 0.1) is 0 Å². The van der Waals surface area contributed by atoms with E-state index in [2.05, 4.69) is 5.32 Å². The third kappa shape index (κ3) is 3.20. The maximum Gasteiger partial charge on any atom is 0.305 e. The first-order valence-electron chi connectivity index (χ1n) is 5.82. The molecular weight excluding hydrogens is 208 g/mol. The quantitative estimate of drug-likeness (QED) is 0.717. The first-order chi connectivity index (χ1) is 7.56. The van der Waals surface area contributed by atoms with Gasteiger partial charge in [0.25, 0.3) is 0 Å². The van der Waals surface area contributed by atoms with Crippen LogP contribution in [-0.2, 0) is 9.59 Å². The van der Waals surface area contributed by atoms with Crippen LogP contribution in [0.25, 0.3) is 0 Å². The number of nitrogens with zero attached hydrogens (tertiary/aromatic N) is 1. The Morgan fingerprint density at radius 2 is 2.25 bits per heavy atom. The Morgan fingerprint density at radius 1 is 1.56 bits per heavy atom. The summed E-state index contributed by atoms with van der Waals surface area (Å²) in [6.07, 6.45) is 1.88. The Morgan fingerprint density at radius 3 is 2.69 bits per heavy atom. The summed E-state index contributed by atoms with van der Waals surface area (Å²) < 4.78 is 0. The van der Waals surface area contributed by atoms with Crippen LogP contribution < -0.4 is 5.32 Å². The molecule has 1 amide bonds. The van der Waals surface area contributed by atoms with Gasteiger partial charge in [-0.1, -0.05) is 0 Å². The molecule has 0 aromatic rings. The van der Waals surface area contributed by atoms with Crippen LogP contribution in [0.3, 0.4) is 0 Å². The largest absolute Gasteiger partial charge is 0.481 e. The lowest BCUT2D eigenvalue weighted by molar-refractivity contribution is -0.141. The van der Waals surface area contributed by atoms with E-state index in [0.717, 1.165) is 19.4 Å². The van der Waals surface area contributed by atoms with Crippen LogP contribution in [0.4, 0.5) is 0 Å². The van der Waals surface area contributed by atoms with Crippen molar-refractivity contribution in [1.82, 2.24) is 10.2 Å². The molecule has 0 aliphatic carbocycles. The van der Waals surface area contributed by atoms with Crippen molar-refractivity contribution in [1.29, 1.82) is 0 Å². The molecule has 0 radical (unpaired) electrons. The summed E-state index contributed by atoms with van der Waals surface area (Å²) in [7, 11) is 0. The number of hydrogen-bond acceptors (Lipinski definition) is 3. The second-order valence-corrected chi connectivity index (χ2v) is 4.22. The van der Waals surface area contributed by atoms with E-state index in [1.807, 2.05) is 6.92 Å². The van der Waals surface area contributed by atoms with Crippen molar-refractivity contribution in [2.75, 3.05) is 13.1 Å². The van der Waals surface area contributed by atoms with Gasteiger partial charge in [0.05, 0.1) is 12.5 Å². The Labute approximate surface area is 95.8 Å². The predicted octanol–water partition coefficient (Wildman–Crippen LogP) is 0.450. The number of carboxylic acid groups (broad SMARTS) is 1. The van der Waals surface area contributed by atoms with Gasteiger partial charge < -0.3 is 15.3 Å². The van der Waals surface area contributed by atoms with Gasteiger partial charge in [-0.25, -0.2) is 0 Å². The molecule has 0 spiro atoms. The van der Waals surface area contributed by atoms with Gasteiger partial charge in [0, 0.05) is 12.6 Å². The molecule has 1 saturated heterocycles. The van der Waals surface area contributed by atoms with Gasteiger partial charge in [-0.15, -0.1) is 0 Å². The number of nitrogens with one attached hydrogen (secondary N) is 1. The molecule has 5 nitrogen and oxygen atoms in total. The molecular formula is C11H20N2O3. The molecule has 0 aromatic carbocycles. The SMILES string of the molecule is CCN(C(=O)[C@H]1CCCN1)C(C)CC(=O)O. The van der Waals surface area contributed by atoms with E-state index in [1.54, 1.807) is 11.8 Å². The standard InChI is InChI=1S/C11H20N2O3/c1-3-13(8(2)7-10(14)15)11(16)9-5-4-6-12-9/h8-9,12H,3-7H2,1-2H3,(H,14,15)/t8?,9-/m1/s1. The number of likely N-dealkylation sites (N-methyl/N-ethyl adjacent to an activating group) is 1. The highest BCUT2D eigenvalue weighted by molar-refractivity contribution is 5.83. The van der Waals surface area contributed by atoms with Crippen LogP contribution in [0.2, 0.25) is 0 Å². The van der Waals surface area contributed by atoms with Crippen molar-refractivity contribution in [3.05, 3.63) is 0 Å². The van der Waals surface area contributed by atoms with E-state index in [-0.39, 0.29) is 24.4 Å². The number of amides is 1. The average Bonchev–Trinajstić information content (AvgIpc) is 2.69. The fraction of sp³-hybridized carbons (Fsp3) is 0.818. The Balaban J connectivity index is 2.57. The highest BCUT2D eigenvalue weighted by atomic mass is 16.4. The molecule has 2 atom stereocenters. The first-order valence-corrected chi connectivity index (χ1v) is 5.82. The number of hydrogen-bond donors (Lipinski definition) is 2. The molecule has 1 aliphatic heterocycles. The minimum Gasteiger partial charge on any atom is -0.481 e. The lowest BCUT2D eigenvalue weighted by Gasteiger charge is -2.29. The molecule has 92 valence electrons. The first kappa shape index (κ1) is 13.0. The van der Waals surface area contributed by atoms with Crippen molar-refractivity contribution in [3.63, 3.8) is 0 Å². The van der Waals surface area contributed by atoms with Crippen molar-refractivity contribution >= 4 is 11.9 Å². The molecule has 0 aromatic heterocycles. The second-order valence-electron chi connectivity index (χ2n) is 4.22. The van der Waals surface area contributed by atoms with Crippen LogP contribution in [0.5, 0.6) is 0 Å². The zero-order valence-corrected chi connectivity index (χ0v) is 9.90. The van der Waals surface area contributed by atoms with Gasteiger partial charge in [0.15, 0.2) is 0 Å². The Bertz CT molecular complexity index is 262. The van der Waals surface area contributed by atoms with Crippen LogP contribution in [-0.4, -0.2) is 47.1 Å². The Kier molecular flexibility index (Phi) is 4.73. The predicted molar refractivity (Wildman–Crippen MR) is 60.1 cm³/mol. The monoisotopic (exact) mass is 228 g/mol. The highest BCUT2D eigenvalue weighted by Gasteiger charge is 2.29. The smallest absolute Gasteiger partial charge is 0.305 e. The fourth-order valence-corrected chi connectivity index (χ4v) is 2.14. The lowest BCUT2D eigenvalue weighted by atomic mass is 10.1. The maximum atomic E-state index is 12.1. The van der Waals surface area contributed by atoms with Crippen LogP contribution in [0.15, 0.2) is 0 Å². The van der Waals surface area contributed by atoms with Gasteiger partial charge >= 0.3 is 5.97 Å². The third-order valence-corrected chi connectivity index (χ3v) is 2.98. The summed E-state index contributed by atoms with van der Waals surface area (Å²) in [4.78, 5) is 24.3.